The van der Waals surface area contributed by atoms with Gasteiger partial charge in [0, 0.05) is 6.08 Å². The van der Waals surface area contributed by atoms with Crippen LogP contribution in [0.3, 0.4) is 0 Å². The summed E-state index contributed by atoms with van der Waals surface area (Å²) < 4.78 is 4.89. The summed E-state index contributed by atoms with van der Waals surface area (Å²) in [5, 5.41) is 7.60. The molecule has 0 bridgehead atoms. The topological polar surface area (TPSA) is 46.5 Å². The van der Waals surface area contributed by atoms with Crippen LogP contribution in [-0.2, 0) is 9.53 Å². The summed E-state index contributed by atoms with van der Waals surface area (Å²) in [7, 11) is 0. The van der Waals surface area contributed by atoms with Gasteiger partial charge in [0.15, 0.2) is 0 Å². The molecule has 0 aromatic rings. The van der Waals surface area contributed by atoms with Gasteiger partial charge in [0.25, 0.3) is 0 Å². The summed E-state index contributed by atoms with van der Waals surface area (Å²) >= 11 is 0. The Kier molecular flexibility index (Phi) is 6.08. The Morgan fingerprint density at radius 3 is 2.45 bits per heavy atom. The third-order valence-corrected chi connectivity index (χ3v) is 1.00. The average molecular weight is 156 g/mol. The zero-order chi connectivity index (χ0) is 8.53. The summed E-state index contributed by atoms with van der Waals surface area (Å²) in [6.45, 7) is 3.87. The Morgan fingerprint density at radius 2 is 2.36 bits per heavy atom. The van der Waals surface area contributed by atoms with Crippen molar-refractivity contribution in [3.8, 4) is 0 Å². The maximum absolute atomic E-state index is 9.25. The van der Waals surface area contributed by atoms with E-state index in [1.807, 2.05) is 6.08 Å². The van der Waals surface area contributed by atoms with Crippen LogP contribution in [0.4, 0.5) is 0 Å². The molecule has 3 nitrogen and oxygen atoms in total. The molecule has 0 radical (unpaired) electrons. The lowest BCUT2D eigenvalue weighted by Gasteiger charge is -2.01. The molecule has 62 valence electrons. The number of hydrogen-bond acceptors (Lipinski definition) is 2. The summed E-state index contributed by atoms with van der Waals surface area (Å²) in [6.07, 6.45) is 7.03. The highest BCUT2D eigenvalue weighted by Gasteiger charge is 1.86. The van der Waals surface area contributed by atoms with Gasteiger partial charge in [-0.05, 0) is 18.9 Å². The standard InChI is InChI=1S/C5H8O.C3H4O2/c1-2-4-6-5-3-1;1-2-3(4)5/h2,4H,1,3,5H2;2H,1H2,(H,4,5). The number of aliphatic carboxylic acids is 1. The van der Waals surface area contributed by atoms with Crippen LogP contribution < -0.4 is 0 Å². The van der Waals surface area contributed by atoms with Crippen LogP contribution in [0, 0.1) is 0 Å². The minimum Gasteiger partial charge on any atom is -0.502 e. The van der Waals surface area contributed by atoms with Gasteiger partial charge in [0.1, 0.15) is 0 Å². The molecular formula is C8H12O3. The van der Waals surface area contributed by atoms with E-state index in [2.05, 4.69) is 6.58 Å². The SMILES string of the molecule is C1=COCCC1.C=CC(=O)O. The molecule has 0 spiro atoms. The maximum Gasteiger partial charge on any atom is 0.327 e. The van der Waals surface area contributed by atoms with Gasteiger partial charge in [-0.2, -0.15) is 0 Å². The molecular weight excluding hydrogens is 144 g/mol. The van der Waals surface area contributed by atoms with Crippen molar-refractivity contribution in [3.05, 3.63) is 25.0 Å². The van der Waals surface area contributed by atoms with Crippen LogP contribution in [0.5, 0.6) is 0 Å². The van der Waals surface area contributed by atoms with Crippen LogP contribution >= 0.6 is 0 Å². The Bertz CT molecular complexity index is 141. The molecule has 0 aromatic carbocycles. The normalized spacial score (nSPS) is 13.8. The molecule has 1 N–H and O–H groups in total. The first-order chi connectivity index (χ1) is 5.27. The summed E-state index contributed by atoms with van der Waals surface area (Å²) in [6, 6.07) is 0. The van der Waals surface area contributed by atoms with E-state index in [-0.39, 0.29) is 0 Å². The third-order valence-electron chi connectivity index (χ3n) is 1.00. The van der Waals surface area contributed by atoms with Crippen LogP contribution in [-0.4, -0.2) is 17.7 Å². The third kappa shape index (κ3) is 8.75. The molecule has 1 aliphatic heterocycles. The van der Waals surface area contributed by atoms with Gasteiger partial charge in [0.05, 0.1) is 12.9 Å². The first-order valence-electron chi connectivity index (χ1n) is 3.39. The van der Waals surface area contributed by atoms with Crippen molar-refractivity contribution in [2.24, 2.45) is 0 Å². The van der Waals surface area contributed by atoms with Crippen molar-refractivity contribution in [3.63, 3.8) is 0 Å². The number of carboxylic acid groups (broad SMARTS) is 1. The van der Waals surface area contributed by atoms with Gasteiger partial charge >= 0.3 is 5.97 Å². The first kappa shape index (κ1) is 9.75. The summed E-state index contributed by atoms with van der Waals surface area (Å²) in [4.78, 5) is 9.25. The van der Waals surface area contributed by atoms with E-state index in [9.17, 15) is 4.79 Å². The highest BCUT2D eigenvalue weighted by Crippen LogP contribution is 1.97. The number of carbonyl (C=O) groups is 1. The second-order valence-electron chi connectivity index (χ2n) is 1.93. The van der Waals surface area contributed by atoms with E-state index in [1.54, 1.807) is 6.26 Å². The van der Waals surface area contributed by atoms with Gasteiger partial charge < -0.3 is 9.84 Å². The van der Waals surface area contributed by atoms with E-state index >= 15 is 0 Å². The van der Waals surface area contributed by atoms with E-state index in [1.165, 1.54) is 12.8 Å². The Hall–Kier alpha value is -1.25. The molecule has 1 heterocycles. The molecule has 11 heavy (non-hydrogen) atoms. The highest BCUT2D eigenvalue weighted by molar-refractivity contribution is 5.78. The summed E-state index contributed by atoms with van der Waals surface area (Å²) in [5.74, 6) is -0.981. The predicted octanol–water partition coefficient (Wildman–Crippen LogP) is 1.57. The van der Waals surface area contributed by atoms with Crippen molar-refractivity contribution in [2.75, 3.05) is 6.61 Å². The molecule has 0 amide bonds. The monoisotopic (exact) mass is 156 g/mol. The van der Waals surface area contributed by atoms with E-state index in [4.69, 9.17) is 9.84 Å². The lowest BCUT2D eigenvalue weighted by molar-refractivity contribution is -0.131. The zero-order valence-electron chi connectivity index (χ0n) is 6.32. The molecule has 1 aliphatic rings. The minimum atomic E-state index is -0.981. The number of hydrogen-bond donors (Lipinski definition) is 1. The molecule has 1 rings (SSSR count). The Labute approximate surface area is 66.0 Å². The molecule has 0 unspecified atom stereocenters. The smallest absolute Gasteiger partial charge is 0.327 e. The fraction of sp³-hybridized carbons (Fsp3) is 0.375. The van der Waals surface area contributed by atoms with E-state index in [0.717, 1.165) is 12.7 Å². The number of rotatable bonds is 1. The van der Waals surface area contributed by atoms with Crippen molar-refractivity contribution in [2.45, 2.75) is 12.8 Å². The van der Waals surface area contributed by atoms with Crippen molar-refractivity contribution in [1.29, 1.82) is 0 Å². The molecule has 0 fully saturated rings. The quantitative estimate of drug-likeness (QED) is 0.586. The largest absolute Gasteiger partial charge is 0.502 e. The van der Waals surface area contributed by atoms with Gasteiger partial charge in [-0.15, -0.1) is 0 Å². The van der Waals surface area contributed by atoms with Crippen molar-refractivity contribution in [1.82, 2.24) is 0 Å². The van der Waals surface area contributed by atoms with Crippen LogP contribution in [0.1, 0.15) is 12.8 Å². The number of carboxylic acids is 1. The van der Waals surface area contributed by atoms with Gasteiger partial charge in [-0.3, -0.25) is 0 Å². The molecule has 0 saturated heterocycles. The molecule has 0 aromatic heterocycles. The highest BCUT2D eigenvalue weighted by atomic mass is 16.5. The Morgan fingerprint density at radius 1 is 1.73 bits per heavy atom. The predicted molar refractivity (Wildman–Crippen MR) is 42.2 cm³/mol. The molecule has 0 aliphatic carbocycles. The lowest BCUT2D eigenvalue weighted by atomic mass is 10.3. The second-order valence-corrected chi connectivity index (χ2v) is 1.93. The van der Waals surface area contributed by atoms with E-state index < -0.39 is 5.97 Å². The van der Waals surface area contributed by atoms with Crippen molar-refractivity contribution >= 4 is 5.97 Å². The van der Waals surface area contributed by atoms with Gasteiger partial charge in [-0.1, -0.05) is 6.58 Å². The lowest BCUT2D eigenvalue weighted by Crippen LogP contribution is -1.90. The fourth-order valence-electron chi connectivity index (χ4n) is 0.489. The van der Waals surface area contributed by atoms with Crippen LogP contribution in [0.15, 0.2) is 25.0 Å². The number of allylic oxidation sites excluding steroid dienone is 1. The Balaban J connectivity index is 0.000000187. The number of ether oxygens (including phenoxy) is 1. The summed E-state index contributed by atoms with van der Waals surface area (Å²) in [5.41, 5.74) is 0. The van der Waals surface area contributed by atoms with Crippen molar-refractivity contribution < 1.29 is 14.6 Å². The zero-order valence-corrected chi connectivity index (χ0v) is 6.32. The van der Waals surface area contributed by atoms with Crippen LogP contribution in [0.2, 0.25) is 0 Å². The maximum atomic E-state index is 9.25. The molecule has 0 saturated carbocycles. The molecule has 3 heteroatoms. The van der Waals surface area contributed by atoms with Gasteiger partial charge in [-0.25, -0.2) is 4.79 Å². The average Bonchev–Trinajstić information content (AvgIpc) is 2.09. The fourth-order valence-corrected chi connectivity index (χ4v) is 0.489. The second kappa shape index (κ2) is 6.86. The van der Waals surface area contributed by atoms with E-state index in [0.29, 0.717) is 0 Å². The first-order valence-corrected chi connectivity index (χ1v) is 3.39. The van der Waals surface area contributed by atoms with Crippen LogP contribution in [0.25, 0.3) is 0 Å². The van der Waals surface area contributed by atoms with Gasteiger partial charge in [0.2, 0.25) is 0 Å². The minimum absolute atomic E-state index is 0.833. The molecule has 0 atom stereocenters.